The fourth-order valence-corrected chi connectivity index (χ4v) is 2.38. The molecule has 0 saturated carbocycles. The van der Waals surface area contributed by atoms with Crippen LogP contribution in [0.15, 0.2) is 24.5 Å². The summed E-state index contributed by atoms with van der Waals surface area (Å²) in [5, 5.41) is 3.40. The smallest absolute Gasteiger partial charge is 0.0318 e. The average Bonchev–Trinajstić information content (AvgIpc) is 2.43. The maximum atomic E-state index is 4.07. The van der Waals surface area contributed by atoms with Crippen LogP contribution in [0.25, 0.3) is 0 Å². The Morgan fingerprint density at radius 1 is 1.00 bits per heavy atom. The summed E-state index contributed by atoms with van der Waals surface area (Å²) in [6.07, 6.45) is 14.6. The topological polar surface area (TPSA) is 24.9 Å². The van der Waals surface area contributed by atoms with E-state index in [-0.39, 0.29) is 0 Å². The number of aromatic nitrogens is 1. The van der Waals surface area contributed by atoms with E-state index in [9.17, 15) is 0 Å². The molecule has 1 aromatic rings. The number of nitrogens with one attached hydrogen (secondary N) is 1. The minimum atomic E-state index is 0.489. The van der Waals surface area contributed by atoms with E-state index < -0.39 is 0 Å². The van der Waals surface area contributed by atoms with Crippen LogP contribution in [0.4, 0.5) is 0 Å². The first-order valence-electron chi connectivity index (χ1n) is 7.45. The van der Waals surface area contributed by atoms with Gasteiger partial charge in [-0.05, 0) is 31.2 Å². The number of unbranched alkanes of at least 4 members (excludes halogenated alkanes) is 6. The molecule has 0 aliphatic carbocycles. The van der Waals surface area contributed by atoms with Gasteiger partial charge >= 0.3 is 0 Å². The van der Waals surface area contributed by atoms with Crippen molar-refractivity contribution in [3.05, 3.63) is 30.1 Å². The van der Waals surface area contributed by atoms with Crippen LogP contribution in [-0.4, -0.2) is 12.0 Å². The van der Waals surface area contributed by atoms with E-state index in [1.54, 1.807) is 0 Å². The van der Waals surface area contributed by atoms with Crippen molar-refractivity contribution < 1.29 is 0 Å². The van der Waals surface area contributed by atoms with Gasteiger partial charge in [0, 0.05) is 18.4 Å². The zero-order chi connectivity index (χ0) is 13.1. The van der Waals surface area contributed by atoms with Crippen LogP contribution in [0, 0.1) is 0 Å². The summed E-state index contributed by atoms with van der Waals surface area (Å²) >= 11 is 0. The second-order valence-corrected chi connectivity index (χ2v) is 5.03. The molecular formula is C16H28N2. The number of hydrogen-bond donors (Lipinski definition) is 1. The highest BCUT2D eigenvalue weighted by Crippen LogP contribution is 2.19. The fourth-order valence-electron chi connectivity index (χ4n) is 2.38. The molecular weight excluding hydrogens is 220 g/mol. The molecule has 1 aromatic heterocycles. The Morgan fingerprint density at radius 3 is 2.22 bits per heavy atom. The Hall–Kier alpha value is -0.890. The normalized spacial score (nSPS) is 12.6. The molecule has 0 spiro atoms. The number of rotatable bonds is 10. The van der Waals surface area contributed by atoms with Crippen molar-refractivity contribution in [2.24, 2.45) is 0 Å². The lowest BCUT2D eigenvalue weighted by atomic mass is 10.0. The second kappa shape index (κ2) is 10.1. The first-order valence-corrected chi connectivity index (χ1v) is 7.45. The van der Waals surface area contributed by atoms with Gasteiger partial charge in [0.15, 0.2) is 0 Å². The Bertz CT molecular complexity index is 284. The Kier molecular flexibility index (Phi) is 8.49. The van der Waals surface area contributed by atoms with Crippen LogP contribution in [0.1, 0.15) is 69.9 Å². The molecule has 0 aliphatic heterocycles. The summed E-state index contributed by atoms with van der Waals surface area (Å²) < 4.78 is 0. The van der Waals surface area contributed by atoms with E-state index in [1.165, 1.54) is 56.9 Å². The van der Waals surface area contributed by atoms with Gasteiger partial charge in [-0.2, -0.15) is 0 Å². The third-order valence-electron chi connectivity index (χ3n) is 3.55. The van der Waals surface area contributed by atoms with Crippen molar-refractivity contribution in [1.29, 1.82) is 0 Å². The van der Waals surface area contributed by atoms with Crippen molar-refractivity contribution in [2.75, 3.05) is 7.05 Å². The van der Waals surface area contributed by atoms with Crippen LogP contribution >= 0.6 is 0 Å². The quantitative estimate of drug-likeness (QED) is 0.617. The fraction of sp³-hybridized carbons (Fsp3) is 0.688. The van der Waals surface area contributed by atoms with Crippen LogP contribution < -0.4 is 5.32 Å². The van der Waals surface area contributed by atoms with Gasteiger partial charge in [0.05, 0.1) is 0 Å². The van der Waals surface area contributed by atoms with Gasteiger partial charge in [0.2, 0.25) is 0 Å². The van der Waals surface area contributed by atoms with Crippen molar-refractivity contribution >= 4 is 0 Å². The predicted octanol–water partition coefficient (Wildman–Crippen LogP) is 4.48. The van der Waals surface area contributed by atoms with Gasteiger partial charge in [-0.1, -0.05) is 51.9 Å². The number of pyridine rings is 1. The van der Waals surface area contributed by atoms with Crippen molar-refractivity contribution in [2.45, 2.75) is 64.3 Å². The molecule has 1 N–H and O–H groups in total. The molecule has 2 nitrogen and oxygen atoms in total. The van der Waals surface area contributed by atoms with Gasteiger partial charge in [-0.15, -0.1) is 0 Å². The van der Waals surface area contributed by atoms with Gasteiger partial charge in [-0.25, -0.2) is 0 Å². The Morgan fingerprint density at radius 2 is 1.61 bits per heavy atom. The minimum absolute atomic E-state index is 0.489. The van der Waals surface area contributed by atoms with Crippen LogP contribution in [0.2, 0.25) is 0 Å². The van der Waals surface area contributed by atoms with E-state index in [2.05, 4.69) is 29.4 Å². The van der Waals surface area contributed by atoms with Crippen molar-refractivity contribution in [3.63, 3.8) is 0 Å². The highest BCUT2D eigenvalue weighted by Gasteiger charge is 2.07. The molecule has 1 atom stereocenters. The second-order valence-electron chi connectivity index (χ2n) is 5.03. The zero-order valence-corrected chi connectivity index (χ0v) is 12.0. The lowest BCUT2D eigenvalue weighted by Crippen LogP contribution is -2.16. The number of nitrogens with zero attached hydrogens (tertiary/aromatic N) is 1. The molecule has 0 radical (unpaired) electrons. The summed E-state index contributed by atoms with van der Waals surface area (Å²) in [7, 11) is 2.05. The molecule has 0 aliphatic rings. The first-order chi connectivity index (χ1) is 8.88. The minimum Gasteiger partial charge on any atom is -0.313 e. The SMILES string of the molecule is CCCCCCCCCC(NC)c1ccncc1. The van der Waals surface area contributed by atoms with E-state index in [1.807, 2.05) is 19.4 Å². The van der Waals surface area contributed by atoms with E-state index in [4.69, 9.17) is 0 Å². The van der Waals surface area contributed by atoms with E-state index in [0.717, 1.165) is 0 Å². The van der Waals surface area contributed by atoms with Gasteiger partial charge in [0.25, 0.3) is 0 Å². The van der Waals surface area contributed by atoms with Gasteiger partial charge in [0.1, 0.15) is 0 Å². The summed E-state index contributed by atoms with van der Waals surface area (Å²) in [5.41, 5.74) is 1.36. The molecule has 1 unspecified atom stereocenters. The monoisotopic (exact) mass is 248 g/mol. The third kappa shape index (κ3) is 6.15. The van der Waals surface area contributed by atoms with Crippen LogP contribution in [0.5, 0.6) is 0 Å². The van der Waals surface area contributed by atoms with Crippen molar-refractivity contribution in [3.8, 4) is 0 Å². The Labute approximate surface area is 112 Å². The summed E-state index contributed by atoms with van der Waals surface area (Å²) in [6.45, 7) is 2.27. The highest BCUT2D eigenvalue weighted by atomic mass is 14.9. The van der Waals surface area contributed by atoms with Gasteiger partial charge in [-0.3, -0.25) is 4.98 Å². The summed E-state index contributed by atoms with van der Waals surface area (Å²) in [6, 6.07) is 4.72. The highest BCUT2D eigenvalue weighted by molar-refractivity contribution is 5.14. The van der Waals surface area contributed by atoms with E-state index in [0.29, 0.717) is 6.04 Å². The first kappa shape index (κ1) is 15.2. The maximum absolute atomic E-state index is 4.07. The standard InChI is InChI=1S/C16H28N2/c1-3-4-5-6-7-8-9-10-16(17-2)15-11-13-18-14-12-15/h11-14,16-17H,3-10H2,1-2H3. The molecule has 102 valence electrons. The molecule has 0 saturated heterocycles. The molecule has 0 aromatic carbocycles. The summed E-state index contributed by atoms with van der Waals surface area (Å²) in [4.78, 5) is 4.07. The molecule has 0 bridgehead atoms. The molecule has 1 rings (SSSR count). The zero-order valence-electron chi connectivity index (χ0n) is 12.0. The van der Waals surface area contributed by atoms with Crippen molar-refractivity contribution in [1.82, 2.24) is 10.3 Å². The summed E-state index contributed by atoms with van der Waals surface area (Å²) in [5.74, 6) is 0. The van der Waals surface area contributed by atoms with Crippen LogP contribution in [-0.2, 0) is 0 Å². The maximum Gasteiger partial charge on any atom is 0.0318 e. The molecule has 0 fully saturated rings. The molecule has 18 heavy (non-hydrogen) atoms. The lowest BCUT2D eigenvalue weighted by molar-refractivity contribution is 0.495. The molecule has 2 heteroatoms. The Balaban J connectivity index is 2.13. The average molecular weight is 248 g/mol. The lowest BCUT2D eigenvalue weighted by Gasteiger charge is -2.16. The van der Waals surface area contributed by atoms with E-state index >= 15 is 0 Å². The largest absolute Gasteiger partial charge is 0.313 e. The van der Waals surface area contributed by atoms with Gasteiger partial charge < -0.3 is 5.32 Å². The molecule has 0 amide bonds. The number of hydrogen-bond acceptors (Lipinski definition) is 2. The third-order valence-corrected chi connectivity index (χ3v) is 3.55. The van der Waals surface area contributed by atoms with Crippen LogP contribution in [0.3, 0.4) is 0 Å². The predicted molar refractivity (Wildman–Crippen MR) is 78.6 cm³/mol. The molecule has 1 heterocycles.